The largest absolute Gasteiger partial charge is 0.495 e. The molecular weight excluding hydrogens is 1170 g/mol. The minimum atomic E-state index is -0.578. The number of carbonyl (C=O) groups is 8. The predicted octanol–water partition coefficient (Wildman–Crippen LogP) is 2.52. The third-order valence-corrected chi connectivity index (χ3v) is 15.0. The maximum absolute atomic E-state index is 14.1. The second-order valence-corrected chi connectivity index (χ2v) is 21.3. The van der Waals surface area contributed by atoms with Gasteiger partial charge in [0.05, 0.1) is 72.9 Å². The quantitative estimate of drug-likeness (QED) is 0.146. The Morgan fingerprint density at radius 3 is 0.512 bits per heavy atom. The normalized spacial score (nSPS) is 20.9. The van der Waals surface area contributed by atoms with E-state index in [0.717, 1.165) is 0 Å². The van der Waals surface area contributed by atoms with Crippen LogP contribution in [0.15, 0.2) is 48.5 Å². The number of hydrogen-bond acceptors (Lipinski definition) is 16. The van der Waals surface area contributed by atoms with E-state index in [1.807, 2.05) is 19.6 Å². The van der Waals surface area contributed by atoms with Crippen molar-refractivity contribution in [2.75, 3.05) is 159 Å². The van der Waals surface area contributed by atoms with Crippen molar-refractivity contribution in [3.05, 3.63) is 113 Å². The zero-order valence-corrected chi connectivity index (χ0v) is 50.0. The Morgan fingerprint density at radius 2 is 0.393 bits per heavy atom. The molecule has 0 atom stereocenters. The van der Waals surface area contributed by atoms with E-state index in [2.05, 4.69) is 42.5 Å². The van der Waals surface area contributed by atoms with Crippen LogP contribution in [-0.2, 0) is 0 Å². The van der Waals surface area contributed by atoms with Crippen molar-refractivity contribution in [3.63, 3.8) is 0 Å². The highest BCUT2D eigenvalue weighted by Crippen LogP contribution is 2.32. The van der Waals surface area contributed by atoms with Crippen molar-refractivity contribution in [1.82, 2.24) is 62.1 Å². The number of fused-ring (bicyclic) bond motifs is 16. The van der Waals surface area contributed by atoms with Crippen LogP contribution in [0.4, 0.5) is 0 Å². The van der Waals surface area contributed by atoms with Gasteiger partial charge in [-0.2, -0.15) is 0 Å². The molecule has 4 aromatic carbocycles. The minimum absolute atomic E-state index is 0.00625. The maximum atomic E-state index is 14.1. The lowest BCUT2D eigenvalue weighted by Crippen LogP contribution is -2.46. The molecule has 0 spiro atoms. The van der Waals surface area contributed by atoms with Gasteiger partial charge >= 0.3 is 0 Å². The Balaban J connectivity index is 1.34. The SMILES string of the molecule is COc1c2cc(Cl)cc1C(=O)NCCN1CCNC(=O)c3cc(Cl)cc(c3OC)C(=O)NCCN(CCNC2=O)CCN2CCNC(=O)c3cc(Cl)cc(c3OC)C(=O)NCCN(CCNC(=O)c3cc(Cl)cc(c3OC)C(=O)NCC2)CC1. The monoisotopic (exact) mass is 1240 g/mol. The molecule has 8 amide bonds. The van der Waals surface area contributed by atoms with Gasteiger partial charge in [0.15, 0.2) is 0 Å². The van der Waals surface area contributed by atoms with Crippen molar-refractivity contribution in [3.8, 4) is 23.0 Å². The topological polar surface area (TPSA) is 283 Å². The number of halogens is 4. The highest BCUT2D eigenvalue weighted by molar-refractivity contribution is 6.33. The highest BCUT2D eigenvalue weighted by Gasteiger charge is 2.28. The van der Waals surface area contributed by atoms with Gasteiger partial charge in [-0.05, 0) is 48.5 Å². The summed E-state index contributed by atoms with van der Waals surface area (Å²) in [6.07, 6.45) is 0. The Hall–Kier alpha value is -7.16. The molecular formula is C56H68Cl4N12O12. The van der Waals surface area contributed by atoms with Gasteiger partial charge in [0.25, 0.3) is 47.3 Å². The number of nitrogens with zero attached hydrogens (tertiary/aromatic N) is 4. The summed E-state index contributed by atoms with van der Waals surface area (Å²) in [6, 6.07) is 11.2. The first-order valence-corrected chi connectivity index (χ1v) is 28.6. The van der Waals surface area contributed by atoms with E-state index in [1.54, 1.807) is 0 Å². The molecule has 0 radical (unpaired) electrons. The van der Waals surface area contributed by atoms with Gasteiger partial charge in [-0.1, -0.05) is 46.4 Å². The van der Waals surface area contributed by atoms with Crippen molar-refractivity contribution in [2.24, 2.45) is 0 Å². The number of nitrogens with one attached hydrogen (secondary N) is 8. The van der Waals surface area contributed by atoms with Crippen LogP contribution < -0.4 is 61.5 Å². The van der Waals surface area contributed by atoms with Crippen LogP contribution >= 0.6 is 46.4 Å². The Labute approximate surface area is 506 Å². The molecule has 24 nitrogen and oxygen atoms in total. The average molecular weight is 1240 g/mol. The fraction of sp³-hybridized carbons (Fsp3) is 0.429. The highest BCUT2D eigenvalue weighted by atomic mass is 35.5. The first-order chi connectivity index (χ1) is 40.4. The number of ether oxygens (including phenoxy) is 4. The zero-order chi connectivity index (χ0) is 60.5. The molecule has 0 saturated heterocycles. The van der Waals surface area contributed by atoms with Crippen molar-refractivity contribution in [2.45, 2.75) is 0 Å². The van der Waals surface area contributed by atoms with E-state index < -0.39 is 47.3 Å². The molecule has 8 rings (SSSR count). The zero-order valence-electron chi connectivity index (χ0n) is 47.0. The summed E-state index contributed by atoms with van der Waals surface area (Å²) < 4.78 is 22.8. The molecule has 0 aromatic heterocycles. The molecule has 28 heteroatoms. The molecule has 8 N–H and O–H groups in total. The first-order valence-electron chi connectivity index (χ1n) is 27.1. The first kappa shape index (κ1) is 64.4. The average Bonchev–Trinajstić information content (AvgIpc) is 3.26. The molecule has 452 valence electrons. The Bertz CT molecular complexity index is 2540. The second kappa shape index (κ2) is 31.1. The molecule has 84 heavy (non-hydrogen) atoms. The standard InChI is InChI=1S/C56H68Cl4N12O12/c1-81-45-37-25-33(57)26-38(45)50(74)62-6-14-70-16-8-64-52(76)40-28-34(58)27-39(46(40)82-2)51(75)63-7-15-69(13-5-61-49(37)73)21-23-71-17-9-65-53(77)41-29-35(59)30-42(47(41)83-3)54(78)66-10-18-72(24-22-70)20-12-68-56(80)44-32-36(60)31-43(48(44)84-4)55(79)67-11-19-71/h25-32H,5-24H2,1-4H3,(H,61,73)(H,62,74)(H,63,75)(H,64,76)(H,65,77)(H,66,78)(H,67,79)(H,68,80). The summed E-state index contributed by atoms with van der Waals surface area (Å²) in [5, 5.41) is 23.8. The van der Waals surface area contributed by atoms with E-state index in [1.165, 1.54) is 77.0 Å². The van der Waals surface area contributed by atoms with Crippen molar-refractivity contribution >= 4 is 93.7 Å². The number of hydrogen-bond donors (Lipinski definition) is 8. The number of amides is 8. The van der Waals surface area contributed by atoms with Gasteiger partial charge in [0.1, 0.15) is 23.0 Å². The Kier molecular flexibility index (Phi) is 23.9. The number of rotatable bonds is 4. The third kappa shape index (κ3) is 17.0. The molecule has 0 aliphatic carbocycles. The van der Waals surface area contributed by atoms with Crippen LogP contribution in [0.1, 0.15) is 82.9 Å². The lowest BCUT2D eigenvalue weighted by Gasteiger charge is -2.29. The van der Waals surface area contributed by atoms with Gasteiger partial charge in [-0.25, -0.2) is 0 Å². The second-order valence-electron chi connectivity index (χ2n) is 19.6. The molecule has 0 fully saturated rings. The lowest BCUT2D eigenvalue weighted by atomic mass is 10.1. The Morgan fingerprint density at radius 1 is 0.262 bits per heavy atom. The molecule has 12 bridgehead atoms. The van der Waals surface area contributed by atoms with Crippen molar-refractivity contribution in [1.29, 1.82) is 0 Å². The number of carbonyl (C=O) groups excluding carboxylic acids is 8. The van der Waals surface area contributed by atoms with Crippen LogP contribution in [0.25, 0.3) is 0 Å². The van der Waals surface area contributed by atoms with E-state index >= 15 is 0 Å². The summed E-state index contributed by atoms with van der Waals surface area (Å²) in [7, 11) is 5.37. The fourth-order valence-corrected chi connectivity index (χ4v) is 10.8. The van der Waals surface area contributed by atoms with Crippen LogP contribution in [0.5, 0.6) is 23.0 Å². The van der Waals surface area contributed by atoms with Gasteiger partial charge in [0, 0.05) is 151 Å². The van der Waals surface area contributed by atoms with Gasteiger partial charge in [0.2, 0.25) is 0 Å². The van der Waals surface area contributed by atoms with Gasteiger partial charge in [-0.15, -0.1) is 0 Å². The third-order valence-electron chi connectivity index (χ3n) is 14.2. The summed E-state index contributed by atoms with van der Waals surface area (Å²) >= 11 is 26.3. The van der Waals surface area contributed by atoms with Crippen LogP contribution in [0.2, 0.25) is 20.1 Å². The number of methoxy groups -OCH3 is 4. The molecule has 4 aliphatic rings. The summed E-state index contributed by atoms with van der Waals surface area (Å²) in [5.41, 5.74) is 0.0809. The van der Waals surface area contributed by atoms with E-state index in [0.29, 0.717) is 0 Å². The van der Waals surface area contributed by atoms with E-state index in [-0.39, 0.29) is 218 Å². The smallest absolute Gasteiger partial charge is 0.255 e. The van der Waals surface area contributed by atoms with Gasteiger partial charge < -0.3 is 61.5 Å². The molecule has 0 unspecified atom stereocenters. The molecule has 4 aliphatic heterocycles. The van der Waals surface area contributed by atoms with Crippen LogP contribution in [0.3, 0.4) is 0 Å². The van der Waals surface area contributed by atoms with E-state index in [4.69, 9.17) is 65.4 Å². The van der Waals surface area contributed by atoms with Crippen molar-refractivity contribution < 1.29 is 57.3 Å². The van der Waals surface area contributed by atoms with Crippen LogP contribution in [-0.4, -0.2) is 226 Å². The molecule has 4 heterocycles. The summed E-state index contributed by atoms with van der Waals surface area (Å²) in [4.78, 5) is 120. The summed E-state index contributed by atoms with van der Waals surface area (Å²) in [6.45, 7) is 3.11. The molecule has 4 aromatic rings. The van der Waals surface area contributed by atoms with Gasteiger partial charge in [-0.3, -0.25) is 58.0 Å². The van der Waals surface area contributed by atoms with Crippen LogP contribution in [0, 0.1) is 0 Å². The summed E-state index contributed by atoms with van der Waals surface area (Å²) in [5.74, 6) is -4.65. The lowest BCUT2D eigenvalue weighted by molar-refractivity contribution is 0.0908. The van der Waals surface area contributed by atoms with E-state index in [9.17, 15) is 38.4 Å². The fourth-order valence-electron chi connectivity index (χ4n) is 9.89. The minimum Gasteiger partial charge on any atom is -0.495 e. The molecule has 0 saturated carbocycles. The maximum Gasteiger partial charge on any atom is 0.255 e. The number of benzene rings is 4. The predicted molar refractivity (Wildman–Crippen MR) is 316 cm³/mol.